The zero-order valence-electron chi connectivity index (χ0n) is 10.8. The van der Waals surface area contributed by atoms with Crippen molar-refractivity contribution in [2.45, 2.75) is 19.5 Å². The number of ether oxygens (including phenoxy) is 1. The number of benzene rings is 1. The number of carbonyl (C=O) groups excluding carboxylic acids is 1. The number of nitrogens with zero attached hydrogens (tertiary/aromatic N) is 2. The highest BCUT2D eigenvalue weighted by molar-refractivity contribution is 5.87. The summed E-state index contributed by atoms with van der Waals surface area (Å²) >= 11 is 0. The lowest BCUT2D eigenvalue weighted by Crippen LogP contribution is -2.20. The highest BCUT2D eigenvalue weighted by Crippen LogP contribution is 2.13. The van der Waals surface area contributed by atoms with E-state index in [0.29, 0.717) is 18.8 Å². The summed E-state index contributed by atoms with van der Waals surface area (Å²) < 4.78 is 6.69. The van der Waals surface area contributed by atoms with E-state index in [1.807, 2.05) is 30.3 Å². The molecule has 2 aromatic rings. The second-order valence-electron chi connectivity index (χ2n) is 4.17. The van der Waals surface area contributed by atoms with E-state index >= 15 is 0 Å². The highest BCUT2D eigenvalue weighted by Gasteiger charge is 2.15. The van der Waals surface area contributed by atoms with Crippen molar-refractivity contribution in [3.63, 3.8) is 0 Å². The van der Waals surface area contributed by atoms with E-state index < -0.39 is 0 Å². The van der Waals surface area contributed by atoms with Gasteiger partial charge >= 0.3 is 5.97 Å². The number of carbonyl (C=O) groups is 1. The first kappa shape index (κ1) is 13.3. The number of hydrogen-bond acceptors (Lipinski definition) is 4. The van der Waals surface area contributed by atoms with Gasteiger partial charge in [-0.15, -0.1) is 0 Å². The van der Waals surface area contributed by atoms with Crippen LogP contribution in [0.1, 0.15) is 29.0 Å². The molecule has 5 nitrogen and oxygen atoms in total. The second kappa shape index (κ2) is 6.15. The predicted molar refractivity (Wildman–Crippen MR) is 71.6 cm³/mol. The molecule has 1 unspecified atom stereocenters. The quantitative estimate of drug-likeness (QED) is 0.831. The Labute approximate surface area is 112 Å². The van der Waals surface area contributed by atoms with Crippen LogP contribution in [0.5, 0.6) is 0 Å². The molecule has 0 fully saturated rings. The third-order valence-electron chi connectivity index (χ3n) is 2.82. The number of nitrogens with two attached hydrogens (primary N) is 1. The van der Waals surface area contributed by atoms with Crippen molar-refractivity contribution < 1.29 is 9.53 Å². The van der Waals surface area contributed by atoms with Gasteiger partial charge in [0.1, 0.15) is 5.69 Å². The zero-order valence-corrected chi connectivity index (χ0v) is 10.8. The molecule has 5 heteroatoms. The maximum absolute atomic E-state index is 11.7. The van der Waals surface area contributed by atoms with E-state index in [1.165, 1.54) is 6.20 Å². The van der Waals surface area contributed by atoms with Crippen LogP contribution in [0.25, 0.3) is 0 Å². The molecular weight excluding hydrogens is 242 g/mol. The van der Waals surface area contributed by atoms with Crippen molar-refractivity contribution in [1.29, 1.82) is 0 Å². The minimum Gasteiger partial charge on any atom is -0.461 e. The summed E-state index contributed by atoms with van der Waals surface area (Å²) in [6.45, 7) is 2.60. The lowest BCUT2D eigenvalue weighted by Gasteiger charge is -2.14. The first-order valence-electron chi connectivity index (χ1n) is 6.20. The molecule has 1 aromatic carbocycles. The predicted octanol–water partition coefficient (Wildman–Crippen LogP) is 1.76. The van der Waals surface area contributed by atoms with Crippen molar-refractivity contribution in [2.24, 2.45) is 5.73 Å². The number of rotatable bonds is 5. The Kier molecular flexibility index (Phi) is 4.30. The van der Waals surface area contributed by atoms with Crippen molar-refractivity contribution in [2.75, 3.05) is 6.61 Å². The summed E-state index contributed by atoms with van der Waals surface area (Å²) in [5.74, 6) is -0.375. The summed E-state index contributed by atoms with van der Waals surface area (Å²) in [6, 6.07) is 9.56. The van der Waals surface area contributed by atoms with Crippen molar-refractivity contribution in [3.8, 4) is 0 Å². The average molecular weight is 259 g/mol. The number of imidazole rings is 1. The fourth-order valence-electron chi connectivity index (χ4n) is 1.86. The molecule has 0 amide bonds. The first-order valence-corrected chi connectivity index (χ1v) is 6.20. The van der Waals surface area contributed by atoms with Crippen LogP contribution in [0.4, 0.5) is 0 Å². The summed E-state index contributed by atoms with van der Waals surface area (Å²) in [5, 5.41) is 0. The lowest BCUT2D eigenvalue weighted by molar-refractivity contribution is 0.0513. The van der Waals surface area contributed by atoms with Crippen molar-refractivity contribution in [3.05, 3.63) is 54.1 Å². The summed E-state index contributed by atoms with van der Waals surface area (Å²) in [4.78, 5) is 15.7. The van der Waals surface area contributed by atoms with Crippen LogP contribution < -0.4 is 5.73 Å². The van der Waals surface area contributed by atoms with E-state index in [1.54, 1.807) is 17.8 Å². The molecule has 0 saturated heterocycles. The van der Waals surface area contributed by atoms with Crippen molar-refractivity contribution in [1.82, 2.24) is 9.55 Å². The van der Waals surface area contributed by atoms with Crippen LogP contribution in [-0.2, 0) is 11.3 Å². The van der Waals surface area contributed by atoms with E-state index in [-0.39, 0.29) is 12.0 Å². The smallest absolute Gasteiger partial charge is 0.356 e. The Morgan fingerprint density at radius 2 is 2.16 bits per heavy atom. The average Bonchev–Trinajstić information content (AvgIpc) is 2.88. The standard InChI is InChI=1S/C14H17N3O2/c1-2-19-14(18)13-8-16-10-17(13)9-12(15)11-6-4-3-5-7-11/h3-8,10,12H,2,9,15H2,1H3. The molecule has 2 rings (SSSR count). The molecule has 0 bridgehead atoms. The molecule has 1 aromatic heterocycles. The second-order valence-corrected chi connectivity index (χ2v) is 4.17. The Hall–Kier alpha value is -2.14. The van der Waals surface area contributed by atoms with E-state index in [4.69, 9.17) is 10.5 Å². The topological polar surface area (TPSA) is 70.1 Å². The third kappa shape index (κ3) is 3.20. The minimum absolute atomic E-state index is 0.191. The summed E-state index contributed by atoms with van der Waals surface area (Å²) in [5.41, 5.74) is 7.57. The van der Waals surface area contributed by atoms with Gasteiger partial charge in [-0.05, 0) is 12.5 Å². The molecule has 2 N–H and O–H groups in total. The Bertz CT molecular complexity index is 537. The highest BCUT2D eigenvalue weighted by atomic mass is 16.5. The van der Waals surface area contributed by atoms with E-state index in [0.717, 1.165) is 5.56 Å². The zero-order chi connectivity index (χ0) is 13.7. The van der Waals surface area contributed by atoms with Gasteiger partial charge in [-0.1, -0.05) is 30.3 Å². The third-order valence-corrected chi connectivity index (χ3v) is 2.82. The van der Waals surface area contributed by atoms with E-state index in [9.17, 15) is 4.79 Å². The molecule has 0 aliphatic carbocycles. The molecule has 19 heavy (non-hydrogen) atoms. The van der Waals surface area contributed by atoms with Gasteiger partial charge < -0.3 is 15.0 Å². The largest absolute Gasteiger partial charge is 0.461 e. The number of aromatic nitrogens is 2. The van der Waals surface area contributed by atoms with Crippen molar-refractivity contribution >= 4 is 5.97 Å². The molecule has 1 atom stereocenters. The number of esters is 1. The molecule has 0 saturated carbocycles. The Morgan fingerprint density at radius 1 is 1.42 bits per heavy atom. The Morgan fingerprint density at radius 3 is 2.84 bits per heavy atom. The van der Waals surface area contributed by atoms with Crippen LogP contribution in [0.15, 0.2) is 42.9 Å². The van der Waals surface area contributed by atoms with Gasteiger partial charge in [0, 0.05) is 12.6 Å². The van der Waals surface area contributed by atoms with Gasteiger partial charge in [-0.2, -0.15) is 0 Å². The van der Waals surface area contributed by atoms with Crippen LogP contribution in [-0.4, -0.2) is 22.1 Å². The molecule has 0 spiro atoms. The Balaban J connectivity index is 2.12. The molecule has 100 valence electrons. The molecule has 1 heterocycles. The fourth-order valence-corrected chi connectivity index (χ4v) is 1.86. The maximum atomic E-state index is 11.7. The SMILES string of the molecule is CCOC(=O)c1cncn1CC(N)c1ccccc1. The van der Waals surface area contributed by atoms with E-state index in [2.05, 4.69) is 4.98 Å². The normalized spacial score (nSPS) is 12.1. The van der Waals surface area contributed by atoms with Crippen LogP contribution in [0.2, 0.25) is 0 Å². The monoisotopic (exact) mass is 259 g/mol. The summed E-state index contributed by atoms with van der Waals surface area (Å²) in [7, 11) is 0. The van der Waals surface area contributed by atoms with Gasteiger partial charge in [-0.3, -0.25) is 0 Å². The lowest BCUT2D eigenvalue weighted by atomic mass is 10.1. The molecule has 0 radical (unpaired) electrons. The summed E-state index contributed by atoms with van der Waals surface area (Å²) in [6.07, 6.45) is 3.09. The van der Waals surface area contributed by atoms with Gasteiger partial charge in [0.2, 0.25) is 0 Å². The van der Waals surface area contributed by atoms with Crippen LogP contribution in [0, 0.1) is 0 Å². The first-order chi connectivity index (χ1) is 9.22. The van der Waals surface area contributed by atoms with Gasteiger partial charge in [0.15, 0.2) is 0 Å². The minimum atomic E-state index is -0.375. The molecular formula is C14H17N3O2. The van der Waals surface area contributed by atoms with Crippen LogP contribution in [0.3, 0.4) is 0 Å². The molecule has 0 aliphatic heterocycles. The van der Waals surface area contributed by atoms with Crippen LogP contribution >= 0.6 is 0 Å². The number of hydrogen-bond donors (Lipinski definition) is 1. The van der Waals surface area contributed by atoms with Gasteiger partial charge in [0.05, 0.1) is 19.1 Å². The fraction of sp³-hybridized carbons (Fsp3) is 0.286. The van der Waals surface area contributed by atoms with Gasteiger partial charge in [-0.25, -0.2) is 9.78 Å². The maximum Gasteiger partial charge on any atom is 0.356 e. The van der Waals surface area contributed by atoms with Gasteiger partial charge in [0.25, 0.3) is 0 Å². The molecule has 0 aliphatic rings.